The fraction of sp³-hybridized carbons (Fsp3) is 0.750. The van der Waals surface area contributed by atoms with Gasteiger partial charge in [-0.25, -0.2) is 4.79 Å². The van der Waals surface area contributed by atoms with Crippen molar-refractivity contribution in [2.24, 2.45) is 33.8 Å². The van der Waals surface area contributed by atoms with Crippen molar-refractivity contribution in [2.45, 2.75) is 121 Å². The predicted molar refractivity (Wildman–Crippen MR) is 185 cm³/mol. The number of amides is 5. The number of aliphatic carboxylic acids is 2. The van der Waals surface area contributed by atoms with Gasteiger partial charge in [0.05, 0.1) is 6.04 Å². The topological polar surface area (TPSA) is 319 Å². The summed E-state index contributed by atoms with van der Waals surface area (Å²) in [5.74, 6) is -6.00. The number of carbonyl (C=O) groups excluding carboxylic acids is 5. The fourth-order valence-electron chi connectivity index (χ4n) is 6.25. The van der Waals surface area contributed by atoms with Crippen molar-refractivity contribution in [2.75, 3.05) is 26.2 Å². The van der Waals surface area contributed by atoms with Gasteiger partial charge in [-0.3, -0.25) is 33.8 Å². The molecule has 2 heterocycles. The molecule has 6 unspecified atom stereocenters. The first-order valence-corrected chi connectivity index (χ1v) is 17.6. The van der Waals surface area contributed by atoms with Crippen LogP contribution in [0.1, 0.15) is 84.5 Å². The van der Waals surface area contributed by atoms with E-state index in [1.165, 1.54) is 9.80 Å². The number of guanidine groups is 1. The van der Waals surface area contributed by atoms with E-state index in [1.54, 1.807) is 13.8 Å². The van der Waals surface area contributed by atoms with E-state index in [0.717, 1.165) is 0 Å². The molecule has 0 aromatic rings. The zero-order valence-corrected chi connectivity index (χ0v) is 29.6. The predicted octanol–water partition coefficient (Wildman–Crippen LogP) is -2.46. The SMILES string of the molecule is CC(C)C(NC(=O)C1CCCN1C(=O)C(CCCCN)NC(=O)C1CCCN1C(=O)C(N)CCCN=C(N)N)C(=O)NC(CCC(=O)O)C(=O)O. The fourth-order valence-corrected chi connectivity index (χ4v) is 6.25. The summed E-state index contributed by atoms with van der Waals surface area (Å²) < 4.78 is 0. The maximum absolute atomic E-state index is 14.0. The minimum atomic E-state index is -1.48. The van der Waals surface area contributed by atoms with E-state index < -0.39 is 84.2 Å². The third kappa shape index (κ3) is 13.3. The van der Waals surface area contributed by atoms with Crippen molar-refractivity contribution in [1.29, 1.82) is 0 Å². The number of unbranched alkanes of at least 4 members (excludes halogenated alkanes) is 1. The molecule has 2 saturated heterocycles. The van der Waals surface area contributed by atoms with Crippen molar-refractivity contribution in [3.63, 3.8) is 0 Å². The Hall–Kier alpha value is -4.52. The summed E-state index contributed by atoms with van der Waals surface area (Å²) in [5.41, 5.74) is 22.5. The summed E-state index contributed by atoms with van der Waals surface area (Å²) in [6, 6.07) is -6.34. The Kier molecular flexibility index (Phi) is 17.5. The van der Waals surface area contributed by atoms with Crippen LogP contribution in [0.15, 0.2) is 4.99 Å². The molecular formula is C32H56N10O9. The monoisotopic (exact) mass is 724 g/mol. The number of nitrogens with one attached hydrogen (secondary N) is 3. The van der Waals surface area contributed by atoms with Crippen LogP contribution in [-0.4, -0.2) is 130 Å². The molecule has 2 rings (SSSR count). The van der Waals surface area contributed by atoms with E-state index in [0.29, 0.717) is 64.6 Å². The minimum Gasteiger partial charge on any atom is -0.481 e. The van der Waals surface area contributed by atoms with Gasteiger partial charge in [0, 0.05) is 26.1 Å². The molecular weight excluding hydrogens is 668 g/mol. The summed E-state index contributed by atoms with van der Waals surface area (Å²) in [6.07, 6.45) is 3.00. The first kappa shape index (κ1) is 42.6. The quantitative estimate of drug-likeness (QED) is 0.0337. The van der Waals surface area contributed by atoms with Crippen LogP contribution < -0.4 is 38.9 Å². The largest absolute Gasteiger partial charge is 0.481 e. The molecule has 51 heavy (non-hydrogen) atoms. The molecule has 6 atom stereocenters. The zero-order valence-electron chi connectivity index (χ0n) is 29.6. The third-order valence-electron chi connectivity index (χ3n) is 9.03. The van der Waals surface area contributed by atoms with Crippen molar-refractivity contribution in [1.82, 2.24) is 25.8 Å². The maximum Gasteiger partial charge on any atom is 0.326 e. The summed E-state index contributed by atoms with van der Waals surface area (Å²) >= 11 is 0. The Morgan fingerprint density at radius 1 is 0.784 bits per heavy atom. The molecule has 0 spiro atoms. The molecule has 0 aliphatic carbocycles. The number of carboxylic acids is 2. The van der Waals surface area contributed by atoms with Crippen LogP contribution in [0, 0.1) is 5.92 Å². The van der Waals surface area contributed by atoms with Crippen molar-refractivity contribution >= 4 is 47.4 Å². The van der Waals surface area contributed by atoms with E-state index in [1.807, 2.05) is 0 Å². The van der Waals surface area contributed by atoms with Gasteiger partial charge in [0.25, 0.3) is 0 Å². The standard InChI is InChI=1S/C32H56N10O9/c1-18(2)25(28(47)39-21(31(50)51)12-13-24(43)44)40-27(46)23-11-7-17-42(23)30(49)20(9-3-4-14-33)38-26(45)22-10-6-16-41(22)29(48)19(34)8-5-15-37-32(35)36/h18-23,25H,3-17,33-34H2,1-2H3,(H,38,45)(H,39,47)(H,40,46)(H,43,44)(H,50,51)(H4,35,36,37). The highest BCUT2D eigenvalue weighted by atomic mass is 16.4. The van der Waals surface area contributed by atoms with Gasteiger partial charge in [-0.05, 0) is 76.7 Å². The zero-order chi connectivity index (χ0) is 38.2. The highest BCUT2D eigenvalue weighted by Gasteiger charge is 2.42. The van der Waals surface area contributed by atoms with Crippen LogP contribution in [0.4, 0.5) is 0 Å². The van der Waals surface area contributed by atoms with Crippen LogP contribution in [0.2, 0.25) is 0 Å². The van der Waals surface area contributed by atoms with Crippen LogP contribution in [0.5, 0.6) is 0 Å². The Labute approximate surface area is 297 Å². The first-order chi connectivity index (χ1) is 24.1. The van der Waals surface area contributed by atoms with Gasteiger partial charge in [0.2, 0.25) is 29.5 Å². The van der Waals surface area contributed by atoms with Crippen LogP contribution >= 0.6 is 0 Å². The molecule has 0 aromatic heterocycles. The van der Waals surface area contributed by atoms with E-state index in [4.69, 9.17) is 28.0 Å². The number of nitrogens with two attached hydrogens (primary N) is 4. The number of carbonyl (C=O) groups is 7. The minimum absolute atomic E-state index is 0.0628. The van der Waals surface area contributed by atoms with E-state index in [9.17, 15) is 38.7 Å². The normalized spacial score (nSPS) is 19.5. The summed E-state index contributed by atoms with van der Waals surface area (Å²) in [4.78, 5) is 96.8. The molecule has 288 valence electrons. The van der Waals surface area contributed by atoms with E-state index >= 15 is 0 Å². The number of hydrogen-bond donors (Lipinski definition) is 9. The number of carboxylic acid groups (broad SMARTS) is 2. The summed E-state index contributed by atoms with van der Waals surface area (Å²) in [5, 5.41) is 26.2. The maximum atomic E-state index is 14.0. The molecule has 0 bridgehead atoms. The van der Waals surface area contributed by atoms with Crippen molar-refractivity contribution in [3.05, 3.63) is 0 Å². The van der Waals surface area contributed by atoms with Crippen LogP contribution in [0.25, 0.3) is 0 Å². The number of aliphatic imine (C=N–C) groups is 1. The molecule has 19 heteroatoms. The lowest BCUT2D eigenvalue weighted by Crippen LogP contribution is -2.59. The molecule has 2 aliphatic heterocycles. The highest BCUT2D eigenvalue weighted by molar-refractivity contribution is 5.97. The third-order valence-corrected chi connectivity index (χ3v) is 9.03. The molecule has 0 aromatic carbocycles. The van der Waals surface area contributed by atoms with Gasteiger partial charge in [-0.2, -0.15) is 0 Å². The summed E-state index contributed by atoms with van der Waals surface area (Å²) in [7, 11) is 0. The smallest absolute Gasteiger partial charge is 0.326 e. The Balaban J connectivity index is 2.16. The molecule has 19 nitrogen and oxygen atoms in total. The lowest BCUT2D eigenvalue weighted by Gasteiger charge is -2.32. The molecule has 0 radical (unpaired) electrons. The second-order valence-corrected chi connectivity index (χ2v) is 13.3. The number of rotatable bonds is 21. The van der Waals surface area contributed by atoms with Crippen molar-refractivity contribution < 1.29 is 43.8 Å². The molecule has 0 saturated carbocycles. The van der Waals surface area contributed by atoms with Crippen molar-refractivity contribution in [3.8, 4) is 0 Å². The lowest BCUT2D eigenvalue weighted by molar-refractivity contribution is -0.145. The second-order valence-electron chi connectivity index (χ2n) is 13.3. The van der Waals surface area contributed by atoms with Gasteiger partial charge in [-0.1, -0.05) is 13.8 Å². The molecule has 2 fully saturated rings. The average molecular weight is 725 g/mol. The van der Waals surface area contributed by atoms with E-state index in [-0.39, 0.29) is 37.7 Å². The van der Waals surface area contributed by atoms with Gasteiger partial charge < -0.3 is 58.9 Å². The van der Waals surface area contributed by atoms with Gasteiger partial charge in [0.1, 0.15) is 30.2 Å². The van der Waals surface area contributed by atoms with Gasteiger partial charge >= 0.3 is 11.9 Å². The Morgan fingerprint density at radius 2 is 1.37 bits per heavy atom. The van der Waals surface area contributed by atoms with Gasteiger partial charge in [0.15, 0.2) is 5.96 Å². The number of likely N-dealkylation sites (tertiary alicyclic amines) is 2. The second kappa shape index (κ2) is 21.0. The Bertz CT molecular complexity index is 1280. The Morgan fingerprint density at radius 3 is 1.90 bits per heavy atom. The molecule has 13 N–H and O–H groups in total. The summed E-state index contributed by atoms with van der Waals surface area (Å²) in [6.45, 7) is 4.52. The first-order valence-electron chi connectivity index (χ1n) is 17.6. The molecule has 2 aliphatic rings. The number of nitrogens with zero attached hydrogens (tertiary/aromatic N) is 3. The molecule has 5 amide bonds. The van der Waals surface area contributed by atoms with E-state index in [2.05, 4.69) is 20.9 Å². The van der Waals surface area contributed by atoms with Crippen LogP contribution in [0.3, 0.4) is 0 Å². The van der Waals surface area contributed by atoms with Crippen LogP contribution in [-0.2, 0) is 33.6 Å². The lowest BCUT2D eigenvalue weighted by atomic mass is 10.0. The highest BCUT2D eigenvalue weighted by Crippen LogP contribution is 2.23. The average Bonchev–Trinajstić information content (AvgIpc) is 3.76. The van der Waals surface area contributed by atoms with Gasteiger partial charge in [-0.15, -0.1) is 0 Å². The number of hydrogen-bond acceptors (Lipinski definition) is 10.